The topological polar surface area (TPSA) is 112 Å². The number of rotatable bonds is 6. The van der Waals surface area contributed by atoms with Gasteiger partial charge in [-0.2, -0.15) is 0 Å². The van der Waals surface area contributed by atoms with Crippen LogP contribution >= 0.6 is 0 Å². The molecule has 1 aromatic carbocycles. The molecule has 2 aliphatic heterocycles. The van der Waals surface area contributed by atoms with Crippen molar-refractivity contribution in [2.45, 2.75) is 38.4 Å². The maximum Gasteiger partial charge on any atom is 0.327 e. The van der Waals surface area contributed by atoms with E-state index in [2.05, 4.69) is 15.6 Å². The minimum absolute atomic E-state index is 0.0438. The number of nitrogens with zero attached hydrogens (tertiary/aromatic N) is 3. The van der Waals surface area contributed by atoms with Crippen LogP contribution in [0.4, 0.5) is 10.5 Å². The number of benzene rings is 1. The van der Waals surface area contributed by atoms with Gasteiger partial charge < -0.3 is 15.5 Å². The van der Waals surface area contributed by atoms with E-state index in [4.69, 9.17) is 0 Å². The van der Waals surface area contributed by atoms with E-state index in [1.54, 1.807) is 48.7 Å². The number of carbonyl (C=O) groups excluding carboxylic acids is 4. The van der Waals surface area contributed by atoms with Gasteiger partial charge in [-0.05, 0) is 50.6 Å². The standard InChI is InChI=1S/C23H25N5O4/c1-15(29)16-6-4-8-17(12-16)26-20(30)14-27-19-9-5-11-25-21(19)22(31)28(23(27)32)13-18-7-2-3-10-24-18/h2-4,6-8,10,12,19,21,25H,5,9,11,13-14H2,1H3,(H,26,30). The predicted molar refractivity (Wildman–Crippen MR) is 117 cm³/mol. The highest BCUT2D eigenvalue weighted by Gasteiger charge is 2.47. The Morgan fingerprint density at radius 2 is 2.03 bits per heavy atom. The van der Waals surface area contributed by atoms with Crippen molar-refractivity contribution in [3.8, 4) is 0 Å². The number of fused-ring (bicyclic) bond motifs is 1. The lowest BCUT2D eigenvalue weighted by Crippen LogP contribution is -2.70. The fourth-order valence-corrected chi connectivity index (χ4v) is 4.17. The number of aromatic nitrogens is 1. The Labute approximate surface area is 185 Å². The quantitative estimate of drug-likeness (QED) is 0.670. The van der Waals surface area contributed by atoms with Crippen LogP contribution in [0.3, 0.4) is 0 Å². The zero-order chi connectivity index (χ0) is 22.7. The Balaban J connectivity index is 1.53. The van der Waals surface area contributed by atoms with Crippen molar-refractivity contribution in [1.29, 1.82) is 0 Å². The molecule has 9 nitrogen and oxygen atoms in total. The van der Waals surface area contributed by atoms with Gasteiger partial charge in [0, 0.05) is 17.4 Å². The van der Waals surface area contributed by atoms with Crippen LogP contribution < -0.4 is 10.6 Å². The Bertz CT molecular complexity index is 1040. The number of hydrogen-bond donors (Lipinski definition) is 2. The first-order valence-electron chi connectivity index (χ1n) is 10.6. The molecule has 2 atom stereocenters. The molecule has 2 fully saturated rings. The summed E-state index contributed by atoms with van der Waals surface area (Å²) in [5.41, 5.74) is 1.56. The van der Waals surface area contributed by atoms with Gasteiger partial charge in [0.1, 0.15) is 12.6 Å². The average Bonchev–Trinajstić information content (AvgIpc) is 2.80. The van der Waals surface area contributed by atoms with Gasteiger partial charge in [0.15, 0.2) is 5.78 Å². The van der Waals surface area contributed by atoms with Crippen LogP contribution in [0.2, 0.25) is 0 Å². The molecule has 0 radical (unpaired) electrons. The third kappa shape index (κ3) is 4.52. The molecule has 3 heterocycles. The minimum Gasteiger partial charge on any atom is -0.325 e. The van der Waals surface area contributed by atoms with E-state index in [-0.39, 0.29) is 24.8 Å². The number of pyridine rings is 1. The lowest BCUT2D eigenvalue weighted by atomic mass is 9.93. The van der Waals surface area contributed by atoms with Crippen LogP contribution in [-0.4, -0.2) is 63.6 Å². The maximum atomic E-state index is 13.3. The number of nitrogens with one attached hydrogen (secondary N) is 2. The number of amides is 4. The highest BCUT2D eigenvalue weighted by Crippen LogP contribution is 2.25. The molecule has 0 saturated carbocycles. The zero-order valence-electron chi connectivity index (χ0n) is 17.8. The van der Waals surface area contributed by atoms with Crippen molar-refractivity contribution in [1.82, 2.24) is 20.1 Å². The summed E-state index contributed by atoms with van der Waals surface area (Å²) < 4.78 is 0. The Morgan fingerprint density at radius 1 is 1.19 bits per heavy atom. The molecule has 9 heteroatoms. The third-order valence-corrected chi connectivity index (χ3v) is 5.75. The Kier molecular flexibility index (Phi) is 6.27. The summed E-state index contributed by atoms with van der Waals surface area (Å²) in [6.45, 7) is 1.98. The fourth-order valence-electron chi connectivity index (χ4n) is 4.17. The first-order valence-corrected chi connectivity index (χ1v) is 10.6. The van der Waals surface area contributed by atoms with Crippen molar-refractivity contribution < 1.29 is 19.2 Å². The average molecular weight is 435 g/mol. The van der Waals surface area contributed by atoms with Crippen molar-refractivity contribution in [3.63, 3.8) is 0 Å². The van der Waals surface area contributed by atoms with Crippen molar-refractivity contribution in [3.05, 3.63) is 59.9 Å². The molecule has 2 unspecified atom stereocenters. The molecule has 0 aliphatic carbocycles. The summed E-state index contributed by atoms with van der Waals surface area (Å²) in [4.78, 5) is 57.6. The van der Waals surface area contributed by atoms with Crippen molar-refractivity contribution in [2.75, 3.05) is 18.4 Å². The van der Waals surface area contributed by atoms with Gasteiger partial charge in [-0.1, -0.05) is 18.2 Å². The molecule has 166 valence electrons. The van der Waals surface area contributed by atoms with Crippen LogP contribution in [0, 0.1) is 0 Å². The van der Waals surface area contributed by atoms with Gasteiger partial charge in [-0.15, -0.1) is 0 Å². The van der Waals surface area contributed by atoms with E-state index >= 15 is 0 Å². The maximum absolute atomic E-state index is 13.3. The molecule has 4 rings (SSSR count). The highest BCUT2D eigenvalue weighted by atomic mass is 16.2. The number of urea groups is 1. The molecule has 0 bridgehead atoms. The molecule has 2 saturated heterocycles. The molecule has 32 heavy (non-hydrogen) atoms. The summed E-state index contributed by atoms with van der Waals surface area (Å²) in [5.74, 6) is -0.793. The first kappa shape index (κ1) is 21.6. The van der Waals surface area contributed by atoms with Gasteiger partial charge >= 0.3 is 6.03 Å². The number of piperidine rings is 1. The van der Waals surface area contributed by atoms with Crippen LogP contribution in [0.5, 0.6) is 0 Å². The summed E-state index contributed by atoms with van der Waals surface area (Å²) in [7, 11) is 0. The summed E-state index contributed by atoms with van der Waals surface area (Å²) in [5, 5.41) is 5.96. The SMILES string of the molecule is CC(=O)c1cccc(NC(=O)CN2C(=O)N(Cc3ccccn3)C(=O)C3NCCCC32)c1. The second kappa shape index (κ2) is 9.27. The number of anilines is 1. The number of imide groups is 1. The molecule has 2 aromatic rings. The highest BCUT2D eigenvalue weighted by molar-refractivity contribution is 6.03. The molecular weight excluding hydrogens is 410 g/mol. The first-order chi connectivity index (χ1) is 15.4. The molecule has 2 aliphatic rings. The lowest BCUT2D eigenvalue weighted by molar-refractivity contribution is -0.138. The van der Waals surface area contributed by atoms with E-state index < -0.39 is 24.0 Å². The Hall–Kier alpha value is -3.59. The van der Waals surface area contributed by atoms with Crippen LogP contribution in [0.15, 0.2) is 48.7 Å². The van der Waals surface area contributed by atoms with Crippen LogP contribution in [0.1, 0.15) is 35.8 Å². The number of Topliss-reactive ketones (excluding diaryl/α,β-unsaturated/α-hetero) is 1. The largest absolute Gasteiger partial charge is 0.327 e. The number of hydrogen-bond acceptors (Lipinski definition) is 6. The summed E-state index contributed by atoms with van der Waals surface area (Å²) >= 11 is 0. The van der Waals surface area contributed by atoms with Gasteiger partial charge in [-0.3, -0.25) is 24.3 Å². The monoisotopic (exact) mass is 435 g/mol. The molecule has 0 spiro atoms. The minimum atomic E-state index is -0.556. The Morgan fingerprint density at radius 3 is 2.78 bits per heavy atom. The second-order valence-electron chi connectivity index (χ2n) is 7.98. The number of carbonyl (C=O) groups is 4. The predicted octanol–water partition coefficient (Wildman–Crippen LogP) is 1.81. The van der Waals surface area contributed by atoms with Crippen molar-refractivity contribution >= 4 is 29.3 Å². The normalized spacial score (nSPS) is 20.7. The fraction of sp³-hybridized carbons (Fsp3) is 0.348. The zero-order valence-corrected chi connectivity index (χ0v) is 17.8. The van der Waals surface area contributed by atoms with Crippen molar-refractivity contribution in [2.24, 2.45) is 0 Å². The van der Waals surface area contributed by atoms with E-state index in [0.717, 1.165) is 11.3 Å². The van der Waals surface area contributed by atoms with Gasteiger partial charge in [-0.25, -0.2) is 4.79 Å². The third-order valence-electron chi connectivity index (χ3n) is 5.75. The molecule has 1 aromatic heterocycles. The summed E-state index contributed by atoms with van der Waals surface area (Å²) in [6, 6.07) is 10.5. The molecular formula is C23H25N5O4. The van der Waals surface area contributed by atoms with Gasteiger partial charge in [0.25, 0.3) is 0 Å². The lowest BCUT2D eigenvalue weighted by Gasteiger charge is -2.46. The molecule has 4 amide bonds. The van der Waals surface area contributed by atoms with E-state index in [9.17, 15) is 19.2 Å². The second-order valence-corrected chi connectivity index (χ2v) is 7.98. The van der Waals surface area contributed by atoms with Gasteiger partial charge in [0.05, 0.1) is 18.3 Å². The van der Waals surface area contributed by atoms with E-state index in [1.165, 1.54) is 11.8 Å². The van der Waals surface area contributed by atoms with E-state index in [1.807, 2.05) is 0 Å². The smallest absolute Gasteiger partial charge is 0.325 e. The summed E-state index contributed by atoms with van der Waals surface area (Å²) in [6.07, 6.45) is 3.05. The number of ketones is 1. The molecule has 2 N–H and O–H groups in total. The van der Waals surface area contributed by atoms with Crippen LogP contribution in [-0.2, 0) is 16.1 Å². The van der Waals surface area contributed by atoms with E-state index in [0.29, 0.717) is 29.9 Å². The van der Waals surface area contributed by atoms with Crippen LogP contribution in [0.25, 0.3) is 0 Å². The van der Waals surface area contributed by atoms with Gasteiger partial charge in [0.2, 0.25) is 11.8 Å².